The predicted octanol–water partition coefficient (Wildman–Crippen LogP) is 2.20. The van der Waals surface area contributed by atoms with E-state index < -0.39 is 0 Å². The average molecular weight is 159 g/mol. The first-order chi connectivity index (χ1) is 5.83. The molecule has 1 aliphatic heterocycles. The van der Waals surface area contributed by atoms with E-state index in [9.17, 15) is 4.79 Å². The van der Waals surface area contributed by atoms with Crippen LogP contribution < -0.4 is 5.32 Å². The third-order valence-electron chi connectivity index (χ3n) is 1.97. The molecule has 1 aromatic carbocycles. The Balaban J connectivity index is 2.56. The second-order valence-corrected chi connectivity index (χ2v) is 2.70. The first-order valence-electron chi connectivity index (χ1n) is 3.90. The number of benzene rings is 1. The summed E-state index contributed by atoms with van der Waals surface area (Å²) in [5.74, 6) is 0.0908. The minimum absolute atomic E-state index is 0.0908. The van der Waals surface area contributed by atoms with Crippen molar-refractivity contribution in [1.82, 2.24) is 0 Å². The van der Waals surface area contributed by atoms with Crippen LogP contribution in [0.1, 0.15) is 17.3 Å². The van der Waals surface area contributed by atoms with Gasteiger partial charge in [0.05, 0.1) is 5.70 Å². The molecule has 0 spiro atoms. The van der Waals surface area contributed by atoms with Gasteiger partial charge in [0.25, 0.3) is 0 Å². The van der Waals surface area contributed by atoms with Crippen LogP contribution in [0.4, 0.5) is 5.69 Å². The summed E-state index contributed by atoms with van der Waals surface area (Å²) in [5, 5.41) is 3.05. The fraction of sp³-hybridized carbons (Fsp3) is 0.100. The second-order valence-electron chi connectivity index (χ2n) is 2.70. The van der Waals surface area contributed by atoms with Crippen LogP contribution in [0.25, 0.3) is 0 Å². The summed E-state index contributed by atoms with van der Waals surface area (Å²) in [6.07, 6.45) is 1.79. The van der Waals surface area contributed by atoms with Crippen molar-refractivity contribution >= 4 is 11.5 Å². The van der Waals surface area contributed by atoms with E-state index in [2.05, 4.69) is 5.32 Å². The van der Waals surface area contributed by atoms with Crippen molar-refractivity contribution in [3.05, 3.63) is 41.6 Å². The number of carbonyl (C=O) groups excluding carboxylic acids is 1. The highest BCUT2D eigenvalue weighted by Crippen LogP contribution is 2.26. The molecule has 0 bridgehead atoms. The maximum Gasteiger partial charge on any atom is 0.210 e. The number of allylic oxidation sites excluding steroid dienone is 2. The van der Waals surface area contributed by atoms with E-state index in [0.29, 0.717) is 5.70 Å². The van der Waals surface area contributed by atoms with Crippen LogP contribution in [0, 0.1) is 0 Å². The molecule has 12 heavy (non-hydrogen) atoms. The molecule has 0 aromatic heterocycles. The third-order valence-corrected chi connectivity index (χ3v) is 1.97. The summed E-state index contributed by atoms with van der Waals surface area (Å²) in [6.45, 7) is 1.85. The molecule has 0 atom stereocenters. The maximum absolute atomic E-state index is 11.5. The van der Waals surface area contributed by atoms with Crippen molar-refractivity contribution in [3.63, 3.8) is 0 Å². The highest BCUT2D eigenvalue weighted by Gasteiger charge is 2.22. The number of carbonyl (C=O) groups is 1. The fourth-order valence-corrected chi connectivity index (χ4v) is 1.34. The van der Waals surface area contributed by atoms with Gasteiger partial charge in [-0.2, -0.15) is 0 Å². The number of hydrogen-bond acceptors (Lipinski definition) is 2. The summed E-state index contributed by atoms with van der Waals surface area (Å²) >= 11 is 0. The molecular formula is C10H9NO. The molecule has 0 fully saturated rings. The molecule has 0 saturated heterocycles. The lowest BCUT2D eigenvalue weighted by Crippen LogP contribution is -1.98. The second kappa shape index (κ2) is 2.48. The van der Waals surface area contributed by atoms with Crippen LogP contribution in [0.2, 0.25) is 0 Å². The zero-order valence-corrected chi connectivity index (χ0v) is 6.79. The van der Waals surface area contributed by atoms with Crippen LogP contribution >= 0.6 is 0 Å². The van der Waals surface area contributed by atoms with Gasteiger partial charge < -0.3 is 5.32 Å². The van der Waals surface area contributed by atoms with Gasteiger partial charge in [-0.1, -0.05) is 18.2 Å². The van der Waals surface area contributed by atoms with E-state index in [-0.39, 0.29) is 5.78 Å². The SMILES string of the molecule is C/C=C1/Nc2ccccc2C1=O. The Morgan fingerprint density at radius 3 is 2.75 bits per heavy atom. The summed E-state index contributed by atoms with van der Waals surface area (Å²) in [7, 11) is 0. The Labute approximate surface area is 70.9 Å². The van der Waals surface area contributed by atoms with Crippen LogP contribution in [-0.4, -0.2) is 5.78 Å². The summed E-state index contributed by atoms with van der Waals surface area (Å²) in [6, 6.07) is 7.53. The maximum atomic E-state index is 11.5. The number of rotatable bonds is 0. The Morgan fingerprint density at radius 1 is 1.33 bits per heavy atom. The number of ketones is 1. The first kappa shape index (κ1) is 7.10. The van der Waals surface area contributed by atoms with Crippen molar-refractivity contribution < 1.29 is 4.79 Å². The number of Topliss-reactive ketones (excluding diaryl/α,β-unsaturated/α-hetero) is 1. The van der Waals surface area contributed by atoms with E-state index in [1.54, 1.807) is 6.08 Å². The standard InChI is InChI=1S/C10H9NO/c1-2-8-10(12)7-5-3-4-6-9(7)11-8/h2-6,11H,1H3/b8-2+. The van der Waals surface area contributed by atoms with E-state index in [1.165, 1.54) is 0 Å². The summed E-state index contributed by atoms with van der Waals surface area (Å²) < 4.78 is 0. The van der Waals surface area contributed by atoms with Gasteiger partial charge in [0.2, 0.25) is 5.78 Å². The smallest absolute Gasteiger partial charge is 0.210 e. The van der Waals surface area contributed by atoms with Crippen molar-refractivity contribution in [2.45, 2.75) is 6.92 Å². The molecule has 0 radical (unpaired) electrons. The molecule has 0 amide bonds. The molecule has 1 heterocycles. The Morgan fingerprint density at radius 2 is 2.08 bits per heavy atom. The monoisotopic (exact) mass is 159 g/mol. The van der Waals surface area contributed by atoms with Gasteiger partial charge >= 0.3 is 0 Å². The van der Waals surface area contributed by atoms with E-state index in [0.717, 1.165) is 11.3 Å². The highest BCUT2D eigenvalue weighted by molar-refractivity contribution is 6.18. The van der Waals surface area contributed by atoms with Crippen molar-refractivity contribution in [1.29, 1.82) is 0 Å². The van der Waals surface area contributed by atoms with Crippen molar-refractivity contribution in [2.24, 2.45) is 0 Å². The minimum Gasteiger partial charge on any atom is -0.352 e. The summed E-state index contributed by atoms with van der Waals surface area (Å²) in [5.41, 5.74) is 2.36. The van der Waals surface area contributed by atoms with Gasteiger partial charge in [-0.05, 0) is 19.1 Å². The van der Waals surface area contributed by atoms with Gasteiger partial charge in [-0.15, -0.1) is 0 Å². The number of para-hydroxylation sites is 1. The Hall–Kier alpha value is -1.57. The lowest BCUT2D eigenvalue weighted by Gasteiger charge is -1.94. The molecule has 1 aromatic rings. The highest BCUT2D eigenvalue weighted by atomic mass is 16.1. The van der Waals surface area contributed by atoms with Gasteiger partial charge in [-0.3, -0.25) is 4.79 Å². The van der Waals surface area contributed by atoms with Gasteiger partial charge in [0.15, 0.2) is 0 Å². The molecular weight excluding hydrogens is 150 g/mol. The molecule has 2 nitrogen and oxygen atoms in total. The average Bonchev–Trinajstić information content (AvgIpc) is 2.44. The minimum atomic E-state index is 0.0908. The zero-order chi connectivity index (χ0) is 8.55. The van der Waals surface area contributed by atoms with Crippen LogP contribution in [0.5, 0.6) is 0 Å². The Bertz CT molecular complexity index is 366. The number of hydrogen-bond donors (Lipinski definition) is 1. The number of anilines is 1. The molecule has 0 saturated carbocycles. The largest absolute Gasteiger partial charge is 0.352 e. The van der Waals surface area contributed by atoms with Crippen LogP contribution in [-0.2, 0) is 0 Å². The van der Waals surface area contributed by atoms with Crippen LogP contribution in [0.15, 0.2) is 36.0 Å². The van der Waals surface area contributed by atoms with Crippen molar-refractivity contribution in [2.75, 3.05) is 5.32 Å². The molecule has 1 aliphatic rings. The van der Waals surface area contributed by atoms with Crippen LogP contribution in [0.3, 0.4) is 0 Å². The molecule has 0 unspecified atom stereocenters. The molecule has 2 rings (SSSR count). The first-order valence-corrected chi connectivity index (χ1v) is 3.90. The zero-order valence-electron chi connectivity index (χ0n) is 6.79. The number of nitrogens with one attached hydrogen (secondary N) is 1. The van der Waals surface area contributed by atoms with Crippen molar-refractivity contribution in [3.8, 4) is 0 Å². The van der Waals surface area contributed by atoms with Gasteiger partial charge in [-0.25, -0.2) is 0 Å². The summed E-state index contributed by atoms with van der Waals surface area (Å²) in [4.78, 5) is 11.5. The number of fused-ring (bicyclic) bond motifs is 1. The molecule has 0 aliphatic carbocycles. The predicted molar refractivity (Wildman–Crippen MR) is 48.2 cm³/mol. The molecule has 1 N–H and O–H groups in total. The fourth-order valence-electron chi connectivity index (χ4n) is 1.34. The van der Waals surface area contributed by atoms with Gasteiger partial charge in [0, 0.05) is 11.3 Å². The van der Waals surface area contributed by atoms with E-state index in [4.69, 9.17) is 0 Å². The van der Waals surface area contributed by atoms with E-state index >= 15 is 0 Å². The lowest BCUT2D eigenvalue weighted by atomic mass is 10.1. The van der Waals surface area contributed by atoms with Gasteiger partial charge in [0.1, 0.15) is 0 Å². The normalized spacial score (nSPS) is 17.8. The Kier molecular flexibility index (Phi) is 1.47. The molecule has 2 heteroatoms. The lowest BCUT2D eigenvalue weighted by molar-refractivity contribution is 0.104. The topological polar surface area (TPSA) is 29.1 Å². The quantitative estimate of drug-likeness (QED) is 0.588. The van der Waals surface area contributed by atoms with E-state index in [1.807, 2.05) is 31.2 Å². The molecule has 60 valence electrons. The third kappa shape index (κ3) is 0.848.